The van der Waals surface area contributed by atoms with Crippen molar-refractivity contribution in [3.8, 4) is 17.6 Å². The molecule has 0 atom stereocenters. The average molecular weight is 478 g/mol. The van der Waals surface area contributed by atoms with Crippen LogP contribution in [-0.2, 0) is 6.61 Å². The molecule has 0 saturated carbocycles. The summed E-state index contributed by atoms with van der Waals surface area (Å²) in [4.78, 5) is 19.5. The van der Waals surface area contributed by atoms with Crippen molar-refractivity contribution >= 4 is 45.8 Å². The maximum atomic E-state index is 12.4. The molecule has 6 nitrogen and oxygen atoms in total. The highest BCUT2D eigenvalue weighted by Gasteiger charge is 2.11. The topological polar surface area (TPSA) is 88.0 Å². The van der Waals surface area contributed by atoms with Gasteiger partial charge in [-0.15, -0.1) is 0 Å². The number of rotatable bonds is 6. The molecule has 0 fully saturated rings. The largest absolute Gasteiger partial charge is 0.493 e. The van der Waals surface area contributed by atoms with Crippen molar-refractivity contribution in [2.75, 3.05) is 7.11 Å². The van der Waals surface area contributed by atoms with E-state index in [4.69, 9.17) is 32.7 Å². The molecule has 8 heteroatoms. The number of nitriles is 1. The van der Waals surface area contributed by atoms with Gasteiger partial charge in [-0.2, -0.15) is 5.26 Å². The first-order valence-electron chi connectivity index (χ1n) is 9.84. The molecule has 4 aromatic rings. The SMILES string of the molecule is COc1cc(/C=C(\C#N)c2nc3ccccc3c(=O)[nH]2)ccc1OCc1ccc(Cl)cc1Cl. The van der Waals surface area contributed by atoms with Crippen LogP contribution in [0.3, 0.4) is 0 Å². The van der Waals surface area contributed by atoms with Crippen LogP contribution in [-0.4, -0.2) is 17.1 Å². The molecule has 0 saturated heterocycles. The van der Waals surface area contributed by atoms with Crippen LogP contribution in [0, 0.1) is 11.3 Å². The van der Waals surface area contributed by atoms with Crippen molar-refractivity contribution in [2.24, 2.45) is 0 Å². The number of fused-ring (bicyclic) bond motifs is 1. The summed E-state index contributed by atoms with van der Waals surface area (Å²) in [5, 5.41) is 11.2. The molecule has 33 heavy (non-hydrogen) atoms. The molecular formula is C25H17Cl2N3O3. The highest BCUT2D eigenvalue weighted by molar-refractivity contribution is 6.35. The van der Waals surface area contributed by atoms with Gasteiger partial charge in [0, 0.05) is 15.6 Å². The standard InChI is InChI=1S/C25H17Cl2N3O3/c1-32-23-11-15(6-9-22(23)33-14-16-7-8-18(26)12-20(16)27)10-17(13-28)24-29-21-5-3-2-4-19(21)25(31)30-24/h2-12H,14H2,1H3,(H,29,30,31)/b17-10+. The van der Waals surface area contributed by atoms with Gasteiger partial charge in [-0.1, -0.05) is 47.5 Å². The van der Waals surface area contributed by atoms with Gasteiger partial charge < -0.3 is 14.5 Å². The van der Waals surface area contributed by atoms with Gasteiger partial charge in [0.25, 0.3) is 5.56 Å². The van der Waals surface area contributed by atoms with E-state index in [0.717, 1.165) is 5.56 Å². The molecule has 0 radical (unpaired) electrons. The molecule has 1 N–H and O–H groups in total. The van der Waals surface area contributed by atoms with E-state index in [1.807, 2.05) is 0 Å². The van der Waals surface area contributed by atoms with E-state index in [0.29, 0.717) is 38.0 Å². The normalized spacial score (nSPS) is 11.3. The molecule has 0 amide bonds. The number of aromatic nitrogens is 2. The number of aromatic amines is 1. The second-order valence-corrected chi connectivity index (χ2v) is 7.88. The van der Waals surface area contributed by atoms with Gasteiger partial charge in [-0.3, -0.25) is 4.79 Å². The van der Waals surface area contributed by atoms with E-state index >= 15 is 0 Å². The monoisotopic (exact) mass is 477 g/mol. The van der Waals surface area contributed by atoms with E-state index in [-0.39, 0.29) is 23.6 Å². The van der Waals surface area contributed by atoms with Gasteiger partial charge in [0.1, 0.15) is 12.7 Å². The predicted octanol–water partition coefficient (Wildman–Crippen LogP) is 5.88. The Morgan fingerprint density at radius 2 is 1.94 bits per heavy atom. The molecule has 0 aliphatic rings. The molecule has 3 aromatic carbocycles. The number of para-hydroxylation sites is 1. The first-order valence-corrected chi connectivity index (χ1v) is 10.6. The van der Waals surface area contributed by atoms with E-state index in [1.165, 1.54) is 7.11 Å². The van der Waals surface area contributed by atoms with Crippen LogP contribution in [0.2, 0.25) is 10.0 Å². The molecule has 1 heterocycles. The maximum Gasteiger partial charge on any atom is 0.259 e. The molecule has 0 aliphatic carbocycles. The third kappa shape index (κ3) is 5.01. The summed E-state index contributed by atoms with van der Waals surface area (Å²) < 4.78 is 11.3. The Hall–Kier alpha value is -3.79. The Labute approximate surface area is 199 Å². The number of halogens is 2. The predicted molar refractivity (Wildman–Crippen MR) is 130 cm³/mol. The Morgan fingerprint density at radius 3 is 2.70 bits per heavy atom. The van der Waals surface area contributed by atoms with Crippen LogP contribution in [0.25, 0.3) is 22.6 Å². The number of methoxy groups -OCH3 is 1. The second-order valence-electron chi connectivity index (χ2n) is 7.04. The fourth-order valence-electron chi connectivity index (χ4n) is 3.22. The average Bonchev–Trinajstić information content (AvgIpc) is 2.82. The third-order valence-corrected chi connectivity index (χ3v) is 5.47. The van der Waals surface area contributed by atoms with E-state index in [1.54, 1.807) is 66.7 Å². The fraction of sp³-hybridized carbons (Fsp3) is 0.0800. The Morgan fingerprint density at radius 1 is 1.12 bits per heavy atom. The molecule has 164 valence electrons. The molecule has 4 rings (SSSR count). The van der Waals surface area contributed by atoms with Gasteiger partial charge in [0.2, 0.25) is 0 Å². The zero-order valence-corrected chi connectivity index (χ0v) is 18.9. The minimum absolute atomic E-state index is 0.192. The number of hydrogen-bond acceptors (Lipinski definition) is 5. The first-order chi connectivity index (χ1) is 16.0. The lowest BCUT2D eigenvalue weighted by atomic mass is 10.1. The zero-order valence-electron chi connectivity index (χ0n) is 17.4. The Kier molecular flexibility index (Phi) is 6.64. The van der Waals surface area contributed by atoms with Gasteiger partial charge in [0.05, 0.1) is 23.6 Å². The van der Waals surface area contributed by atoms with Crippen molar-refractivity contribution in [1.29, 1.82) is 5.26 Å². The van der Waals surface area contributed by atoms with Crippen molar-refractivity contribution in [1.82, 2.24) is 9.97 Å². The number of nitrogens with one attached hydrogen (secondary N) is 1. The number of hydrogen-bond donors (Lipinski definition) is 1. The van der Waals surface area contributed by atoms with Crippen LogP contribution in [0.4, 0.5) is 0 Å². The highest BCUT2D eigenvalue weighted by Crippen LogP contribution is 2.31. The Balaban J connectivity index is 1.62. The molecule has 0 spiro atoms. The van der Waals surface area contributed by atoms with Crippen molar-refractivity contribution < 1.29 is 9.47 Å². The van der Waals surface area contributed by atoms with Crippen LogP contribution in [0.5, 0.6) is 11.5 Å². The fourth-order valence-corrected chi connectivity index (χ4v) is 3.68. The summed E-state index contributed by atoms with van der Waals surface area (Å²) in [6.07, 6.45) is 1.62. The number of allylic oxidation sites excluding steroid dienone is 1. The minimum atomic E-state index is -0.307. The smallest absolute Gasteiger partial charge is 0.259 e. The number of benzene rings is 3. The molecule has 0 bridgehead atoms. The first kappa shape index (κ1) is 22.4. The third-order valence-electron chi connectivity index (χ3n) is 4.89. The summed E-state index contributed by atoms with van der Waals surface area (Å²) in [6.45, 7) is 0.229. The van der Waals surface area contributed by atoms with Crippen LogP contribution >= 0.6 is 23.2 Å². The number of H-pyrrole nitrogens is 1. The summed E-state index contributed by atoms with van der Waals surface area (Å²) in [7, 11) is 1.53. The lowest BCUT2D eigenvalue weighted by molar-refractivity contribution is 0.284. The molecule has 0 aliphatic heterocycles. The molecule has 0 unspecified atom stereocenters. The molecule has 1 aromatic heterocycles. The lowest BCUT2D eigenvalue weighted by Crippen LogP contribution is -2.11. The zero-order chi connectivity index (χ0) is 23.4. The van der Waals surface area contributed by atoms with Crippen LogP contribution in [0.15, 0.2) is 65.5 Å². The summed E-state index contributed by atoms with van der Waals surface area (Å²) in [5.41, 5.74) is 1.88. The van der Waals surface area contributed by atoms with Gasteiger partial charge >= 0.3 is 0 Å². The lowest BCUT2D eigenvalue weighted by Gasteiger charge is -2.12. The van der Waals surface area contributed by atoms with Crippen molar-refractivity contribution in [2.45, 2.75) is 6.61 Å². The number of ether oxygens (including phenoxy) is 2. The Bertz CT molecular complexity index is 1470. The van der Waals surface area contributed by atoms with E-state index < -0.39 is 0 Å². The number of nitrogens with zero attached hydrogens (tertiary/aromatic N) is 2. The van der Waals surface area contributed by atoms with Gasteiger partial charge in [-0.25, -0.2) is 4.98 Å². The second kappa shape index (κ2) is 9.78. The van der Waals surface area contributed by atoms with Crippen molar-refractivity contribution in [3.05, 3.63) is 98.0 Å². The minimum Gasteiger partial charge on any atom is -0.493 e. The molecular weight excluding hydrogens is 461 g/mol. The van der Waals surface area contributed by atoms with E-state index in [9.17, 15) is 10.1 Å². The van der Waals surface area contributed by atoms with Gasteiger partial charge in [-0.05, 0) is 48.0 Å². The maximum absolute atomic E-state index is 12.4. The van der Waals surface area contributed by atoms with Crippen molar-refractivity contribution in [3.63, 3.8) is 0 Å². The van der Waals surface area contributed by atoms with Gasteiger partial charge in [0.15, 0.2) is 17.3 Å². The summed E-state index contributed by atoms with van der Waals surface area (Å²) in [5.74, 6) is 1.18. The van der Waals surface area contributed by atoms with E-state index in [2.05, 4.69) is 16.0 Å². The highest BCUT2D eigenvalue weighted by atomic mass is 35.5. The van der Waals surface area contributed by atoms with Crippen LogP contribution < -0.4 is 15.0 Å². The quantitative estimate of drug-likeness (QED) is 0.350. The summed E-state index contributed by atoms with van der Waals surface area (Å²) >= 11 is 12.1. The van der Waals surface area contributed by atoms with Crippen LogP contribution in [0.1, 0.15) is 17.0 Å². The summed E-state index contributed by atoms with van der Waals surface area (Å²) in [6, 6.07) is 19.5.